The van der Waals surface area contributed by atoms with Crippen molar-refractivity contribution in [1.29, 1.82) is 0 Å². The largest absolute Gasteiger partial charge is 0.437 e. The number of hydrogen-bond donors (Lipinski definition) is 0. The second kappa shape index (κ2) is 7.19. The van der Waals surface area contributed by atoms with Crippen LogP contribution in [0.4, 0.5) is 4.39 Å². The maximum atomic E-state index is 13.9. The Morgan fingerprint density at radius 3 is 3.00 bits per heavy atom. The number of likely N-dealkylation sites (tertiary alicyclic amines) is 1. The fourth-order valence-corrected chi connectivity index (χ4v) is 3.86. The van der Waals surface area contributed by atoms with Crippen molar-refractivity contribution in [2.75, 3.05) is 19.6 Å². The fraction of sp³-hybridized carbons (Fsp3) is 0.500. The van der Waals surface area contributed by atoms with Gasteiger partial charge in [0.15, 0.2) is 0 Å². The van der Waals surface area contributed by atoms with Crippen LogP contribution >= 0.6 is 0 Å². The van der Waals surface area contributed by atoms with Gasteiger partial charge in [0.25, 0.3) is 5.89 Å². The van der Waals surface area contributed by atoms with Crippen LogP contribution in [0.15, 0.2) is 28.7 Å². The van der Waals surface area contributed by atoms with Crippen molar-refractivity contribution in [2.45, 2.75) is 39.3 Å². The van der Waals surface area contributed by atoms with E-state index in [9.17, 15) is 9.18 Å². The predicted molar refractivity (Wildman–Crippen MR) is 95.0 cm³/mol. The normalized spacial score (nSPS) is 20.8. The van der Waals surface area contributed by atoms with Crippen LogP contribution < -0.4 is 0 Å². The van der Waals surface area contributed by atoms with E-state index < -0.39 is 0 Å². The molecule has 1 amide bonds. The van der Waals surface area contributed by atoms with E-state index in [1.54, 1.807) is 12.1 Å². The number of fused-ring (bicyclic) bond motifs is 1. The molecule has 1 atom stereocenters. The van der Waals surface area contributed by atoms with Gasteiger partial charge in [0.1, 0.15) is 11.6 Å². The van der Waals surface area contributed by atoms with E-state index in [4.69, 9.17) is 4.42 Å². The molecule has 2 aliphatic rings. The molecule has 1 aromatic carbocycles. The molecular weight excluding hydrogens is 333 g/mol. The Hall–Kier alpha value is -2.21. The number of carbonyl (C=O) groups excluding carboxylic acids is 1. The van der Waals surface area contributed by atoms with Crippen LogP contribution in [0, 0.1) is 11.7 Å². The monoisotopic (exact) mass is 357 g/mol. The van der Waals surface area contributed by atoms with E-state index in [0.717, 1.165) is 43.9 Å². The molecule has 0 radical (unpaired) electrons. The van der Waals surface area contributed by atoms with Crippen LogP contribution in [-0.4, -0.2) is 40.3 Å². The van der Waals surface area contributed by atoms with E-state index in [1.807, 2.05) is 11.0 Å². The van der Waals surface area contributed by atoms with Crippen molar-refractivity contribution >= 4 is 5.91 Å². The Morgan fingerprint density at radius 2 is 2.19 bits per heavy atom. The lowest BCUT2D eigenvalue weighted by Crippen LogP contribution is -2.39. The van der Waals surface area contributed by atoms with Gasteiger partial charge < -0.3 is 9.32 Å². The van der Waals surface area contributed by atoms with E-state index in [1.165, 1.54) is 6.07 Å². The zero-order valence-corrected chi connectivity index (χ0v) is 15.1. The van der Waals surface area contributed by atoms with Gasteiger partial charge in [0, 0.05) is 44.7 Å². The molecule has 2 aromatic rings. The number of oxazole rings is 1. The second-order valence-corrected chi connectivity index (χ2v) is 7.44. The first-order chi connectivity index (χ1) is 12.6. The topological polar surface area (TPSA) is 49.6 Å². The number of aromatic nitrogens is 1. The Bertz CT molecular complexity index is 804. The number of carbonyl (C=O) groups is 1. The Morgan fingerprint density at radius 1 is 1.35 bits per heavy atom. The fourth-order valence-electron chi connectivity index (χ4n) is 3.86. The molecule has 0 aliphatic carbocycles. The second-order valence-electron chi connectivity index (χ2n) is 7.44. The third kappa shape index (κ3) is 3.51. The number of halogens is 1. The molecule has 6 heteroatoms. The van der Waals surface area contributed by atoms with Crippen molar-refractivity contribution in [2.24, 2.45) is 5.92 Å². The maximum Gasteiger partial charge on any atom is 0.309 e. The summed E-state index contributed by atoms with van der Waals surface area (Å²) in [7, 11) is 0. The van der Waals surface area contributed by atoms with Crippen LogP contribution in [0.1, 0.15) is 47.5 Å². The lowest BCUT2D eigenvalue weighted by Gasteiger charge is -2.29. The maximum absolute atomic E-state index is 13.9. The molecule has 1 fully saturated rings. The van der Waals surface area contributed by atoms with Crippen LogP contribution in [0.5, 0.6) is 0 Å². The molecule has 2 aliphatic heterocycles. The summed E-state index contributed by atoms with van der Waals surface area (Å²) in [5, 5.41) is 0. The molecule has 1 saturated heterocycles. The summed E-state index contributed by atoms with van der Waals surface area (Å²) in [5.74, 6) is 1.23. The van der Waals surface area contributed by atoms with Gasteiger partial charge >= 0.3 is 5.91 Å². The quantitative estimate of drug-likeness (QED) is 0.846. The first-order valence-electron chi connectivity index (χ1n) is 9.34. The van der Waals surface area contributed by atoms with Crippen molar-refractivity contribution in [3.63, 3.8) is 0 Å². The third-order valence-corrected chi connectivity index (χ3v) is 5.29. The van der Waals surface area contributed by atoms with Gasteiger partial charge in [-0.05, 0) is 24.8 Å². The number of benzene rings is 1. The Kier molecular flexibility index (Phi) is 4.76. The van der Waals surface area contributed by atoms with Crippen LogP contribution in [0.2, 0.25) is 0 Å². The third-order valence-electron chi connectivity index (χ3n) is 5.29. The minimum atomic E-state index is -0.187. The average molecular weight is 357 g/mol. The summed E-state index contributed by atoms with van der Waals surface area (Å²) in [5.41, 5.74) is 1.49. The predicted octanol–water partition coefficient (Wildman–Crippen LogP) is 3.24. The van der Waals surface area contributed by atoms with E-state index >= 15 is 0 Å². The van der Waals surface area contributed by atoms with Gasteiger partial charge in [-0.1, -0.05) is 25.1 Å². The first kappa shape index (κ1) is 17.2. The molecule has 5 nitrogen and oxygen atoms in total. The van der Waals surface area contributed by atoms with Gasteiger partial charge in [0.05, 0.1) is 5.69 Å². The Balaban J connectivity index is 1.45. The molecule has 1 unspecified atom stereocenters. The zero-order valence-electron chi connectivity index (χ0n) is 15.1. The number of hydrogen-bond acceptors (Lipinski definition) is 4. The molecule has 1 aromatic heterocycles. The van der Waals surface area contributed by atoms with Crippen molar-refractivity contribution in [3.05, 3.63) is 53.0 Å². The van der Waals surface area contributed by atoms with E-state index in [2.05, 4.69) is 16.8 Å². The standard InChI is InChI=1S/C20H24FN3O2/c1-14-5-4-9-24(11-14)20(25)19-22-17-13-23(10-8-18(17)26-19)12-15-6-2-3-7-16(15)21/h2-3,6-7,14H,4-5,8-13H2,1H3. The zero-order chi connectivity index (χ0) is 18.1. The summed E-state index contributed by atoms with van der Waals surface area (Å²) in [6.07, 6.45) is 2.89. The van der Waals surface area contributed by atoms with Gasteiger partial charge in [0.2, 0.25) is 0 Å². The minimum absolute atomic E-state index is 0.105. The van der Waals surface area contributed by atoms with Crippen LogP contribution in [-0.2, 0) is 19.5 Å². The molecule has 0 saturated carbocycles. The molecule has 26 heavy (non-hydrogen) atoms. The average Bonchev–Trinajstić information content (AvgIpc) is 3.06. The number of piperidine rings is 1. The summed E-state index contributed by atoms with van der Waals surface area (Å²) in [4.78, 5) is 21.1. The molecule has 3 heterocycles. The summed E-state index contributed by atoms with van der Waals surface area (Å²) in [6, 6.07) is 6.84. The lowest BCUT2D eigenvalue weighted by molar-refractivity contribution is 0.0640. The summed E-state index contributed by atoms with van der Waals surface area (Å²) >= 11 is 0. The highest BCUT2D eigenvalue weighted by Gasteiger charge is 2.29. The lowest BCUT2D eigenvalue weighted by atomic mass is 10.0. The summed E-state index contributed by atoms with van der Waals surface area (Å²) in [6.45, 7) is 5.59. The number of rotatable bonds is 3. The van der Waals surface area contributed by atoms with Crippen molar-refractivity contribution < 1.29 is 13.6 Å². The van der Waals surface area contributed by atoms with Crippen molar-refractivity contribution in [1.82, 2.24) is 14.8 Å². The van der Waals surface area contributed by atoms with Crippen LogP contribution in [0.25, 0.3) is 0 Å². The van der Waals surface area contributed by atoms with Crippen LogP contribution in [0.3, 0.4) is 0 Å². The highest BCUT2D eigenvalue weighted by Crippen LogP contribution is 2.24. The van der Waals surface area contributed by atoms with Gasteiger partial charge in [-0.25, -0.2) is 9.37 Å². The molecule has 0 bridgehead atoms. The molecule has 138 valence electrons. The Labute approximate surface area is 152 Å². The number of amides is 1. The number of nitrogens with zero attached hydrogens (tertiary/aromatic N) is 3. The van der Waals surface area contributed by atoms with Gasteiger partial charge in [-0.2, -0.15) is 0 Å². The van der Waals surface area contributed by atoms with E-state index in [0.29, 0.717) is 31.0 Å². The highest BCUT2D eigenvalue weighted by atomic mass is 19.1. The molecule has 4 rings (SSSR count). The smallest absolute Gasteiger partial charge is 0.309 e. The SMILES string of the molecule is CC1CCCN(C(=O)c2nc3c(o2)CCN(Cc2ccccc2F)C3)C1. The van der Waals surface area contributed by atoms with Gasteiger partial charge in [-0.3, -0.25) is 9.69 Å². The summed E-state index contributed by atoms with van der Waals surface area (Å²) < 4.78 is 19.7. The highest BCUT2D eigenvalue weighted by molar-refractivity contribution is 5.89. The molecule has 0 N–H and O–H groups in total. The van der Waals surface area contributed by atoms with Crippen molar-refractivity contribution in [3.8, 4) is 0 Å². The van der Waals surface area contributed by atoms with E-state index in [-0.39, 0.29) is 17.6 Å². The molecule has 0 spiro atoms. The first-order valence-corrected chi connectivity index (χ1v) is 9.34. The molecular formula is C20H24FN3O2. The minimum Gasteiger partial charge on any atom is -0.437 e. The van der Waals surface area contributed by atoms with Gasteiger partial charge in [-0.15, -0.1) is 0 Å².